The molecule has 0 bridgehead atoms. The van der Waals surface area contributed by atoms with E-state index in [0.29, 0.717) is 19.8 Å². The van der Waals surface area contributed by atoms with Crippen LogP contribution >= 0.6 is 0 Å². The van der Waals surface area contributed by atoms with Crippen LogP contribution in [0.4, 0.5) is 0 Å². The van der Waals surface area contributed by atoms with Crippen molar-refractivity contribution in [2.24, 2.45) is 5.73 Å². The van der Waals surface area contributed by atoms with Crippen LogP contribution < -0.4 is 16.4 Å². The first-order chi connectivity index (χ1) is 11.1. The molecular weight excluding hydrogens is 300 g/mol. The second-order valence-corrected chi connectivity index (χ2v) is 5.40. The topological polar surface area (TPSA) is 110 Å². The Morgan fingerprint density at radius 2 is 2.00 bits per heavy atom. The molecule has 0 aliphatic carbocycles. The summed E-state index contributed by atoms with van der Waals surface area (Å²) in [6, 6.07) is 3.78. The van der Waals surface area contributed by atoms with E-state index < -0.39 is 0 Å². The molecule has 2 heterocycles. The highest BCUT2D eigenvalue weighted by Gasteiger charge is 2.25. The number of aryl methyl sites for hydroxylation is 1. The van der Waals surface area contributed by atoms with Crippen LogP contribution in [-0.2, 0) is 14.3 Å². The maximum absolute atomic E-state index is 11.8. The predicted octanol–water partition coefficient (Wildman–Crippen LogP) is -0.848. The Morgan fingerprint density at radius 1 is 1.26 bits per heavy atom. The van der Waals surface area contributed by atoms with Crippen molar-refractivity contribution in [3.05, 3.63) is 23.7 Å². The number of amides is 2. The van der Waals surface area contributed by atoms with Crippen LogP contribution in [0.3, 0.4) is 0 Å². The highest BCUT2D eigenvalue weighted by Crippen LogP contribution is 2.23. The van der Waals surface area contributed by atoms with Crippen molar-refractivity contribution < 1.29 is 18.7 Å². The van der Waals surface area contributed by atoms with Gasteiger partial charge in [0.05, 0.1) is 32.3 Å². The molecule has 128 valence electrons. The average Bonchev–Trinajstić information content (AvgIpc) is 3.00. The van der Waals surface area contributed by atoms with Crippen LogP contribution in [-0.4, -0.2) is 62.7 Å². The highest BCUT2D eigenvalue weighted by molar-refractivity contribution is 5.85. The summed E-state index contributed by atoms with van der Waals surface area (Å²) >= 11 is 0. The number of ether oxygens (including phenoxy) is 1. The molecule has 1 aromatic heterocycles. The summed E-state index contributed by atoms with van der Waals surface area (Å²) in [7, 11) is 0. The average molecular weight is 324 g/mol. The molecule has 1 saturated heterocycles. The van der Waals surface area contributed by atoms with Crippen LogP contribution in [0.2, 0.25) is 0 Å². The van der Waals surface area contributed by atoms with Gasteiger partial charge < -0.3 is 25.5 Å². The quantitative estimate of drug-likeness (QED) is 0.603. The second kappa shape index (κ2) is 8.66. The maximum atomic E-state index is 11.8. The van der Waals surface area contributed by atoms with Crippen molar-refractivity contribution in [3.63, 3.8) is 0 Å². The fourth-order valence-electron chi connectivity index (χ4n) is 2.46. The molecule has 4 N–H and O–H groups in total. The molecule has 1 aromatic rings. The number of nitrogens with zero attached hydrogens (tertiary/aromatic N) is 1. The Bertz CT molecular complexity index is 525. The number of nitrogens with two attached hydrogens (primary N) is 1. The van der Waals surface area contributed by atoms with Gasteiger partial charge in [0.2, 0.25) is 11.8 Å². The lowest BCUT2D eigenvalue weighted by atomic mass is 10.1. The van der Waals surface area contributed by atoms with Gasteiger partial charge in [-0.15, -0.1) is 0 Å². The van der Waals surface area contributed by atoms with Crippen LogP contribution in [0.5, 0.6) is 0 Å². The minimum Gasteiger partial charge on any atom is -0.465 e. The summed E-state index contributed by atoms with van der Waals surface area (Å²) < 4.78 is 11.1. The number of hydrogen-bond donors (Lipinski definition) is 3. The summed E-state index contributed by atoms with van der Waals surface area (Å²) in [6.45, 7) is 4.98. The second-order valence-electron chi connectivity index (χ2n) is 5.40. The van der Waals surface area contributed by atoms with E-state index in [-0.39, 0.29) is 30.9 Å². The molecule has 1 fully saturated rings. The Kier molecular flexibility index (Phi) is 6.57. The minimum absolute atomic E-state index is 0.0539. The van der Waals surface area contributed by atoms with Gasteiger partial charge in [0.25, 0.3) is 0 Å². The lowest BCUT2D eigenvalue weighted by molar-refractivity contribution is -0.125. The molecule has 23 heavy (non-hydrogen) atoms. The van der Waals surface area contributed by atoms with Crippen LogP contribution in [0.15, 0.2) is 16.5 Å². The van der Waals surface area contributed by atoms with E-state index in [1.807, 2.05) is 19.1 Å². The molecule has 8 nitrogen and oxygen atoms in total. The fraction of sp³-hybridized carbons (Fsp3) is 0.600. The molecule has 0 spiro atoms. The first-order valence-corrected chi connectivity index (χ1v) is 7.71. The number of carbonyl (C=O) groups is 2. The monoisotopic (exact) mass is 324 g/mol. The van der Waals surface area contributed by atoms with Crippen LogP contribution in [0, 0.1) is 6.92 Å². The van der Waals surface area contributed by atoms with Gasteiger partial charge in [-0.05, 0) is 19.1 Å². The molecule has 2 amide bonds. The Labute approximate surface area is 135 Å². The number of hydrogen-bond acceptors (Lipinski definition) is 6. The Balaban J connectivity index is 1.92. The van der Waals surface area contributed by atoms with Crippen LogP contribution in [0.25, 0.3) is 0 Å². The van der Waals surface area contributed by atoms with Gasteiger partial charge in [0, 0.05) is 19.6 Å². The van der Waals surface area contributed by atoms with E-state index >= 15 is 0 Å². The van der Waals surface area contributed by atoms with Crippen molar-refractivity contribution in [2.75, 3.05) is 45.9 Å². The van der Waals surface area contributed by atoms with E-state index in [0.717, 1.165) is 24.6 Å². The number of morpholine rings is 1. The standard InChI is InChI=1S/C15H24N4O4/c1-11-2-3-13(23-11)12(19-4-6-22-7-5-19)9-17-15(21)10-18-14(20)8-16/h2-3,12H,4-10,16H2,1H3,(H,17,21)(H,18,20). The molecule has 1 aliphatic rings. The molecule has 1 aliphatic heterocycles. The highest BCUT2D eigenvalue weighted by atomic mass is 16.5. The van der Waals surface area contributed by atoms with E-state index in [1.54, 1.807) is 0 Å². The fourth-order valence-corrected chi connectivity index (χ4v) is 2.46. The predicted molar refractivity (Wildman–Crippen MR) is 83.7 cm³/mol. The van der Waals surface area contributed by atoms with Gasteiger partial charge in [-0.1, -0.05) is 0 Å². The van der Waals surface area contributed by atoms with E-state index in [4.69, 9.17) is 14.9 Å². The van der Waals surface area contributed by atoms with Gasteiger partial charge >= 0.3 is 0 Å². The summed E-state index contributed by atoms with van der Waals surface area (Å²) in [5, 5.41) is 5.28. The Hall–Kier alpha value is -1.90. The zero-order chi connectivity index (χ0) is 16.7. The minimum atomic E-state index is -0.355. The van der Waals surface area contributed by atoms with Crippen LogP contribution in [0.1, 0.15) is 17.6 Å². The van der Waals surface area contributed by atoms with Gasteiger partial charge in [-0.2, -0.15) is 0 Å². The van der Waals surface area contributed by atoms with Crippen molar-refractivity contribution in [3.8, 4) is 0 Å². The summed E-state index contributed by atoms with van der Waals surface area (Å²) in [4.78, 5) is 25.1. The third-order valence-corrected chi connectivity index (χ3v) is 3.70. The first kappa shape index (κ1) is 17.5. The number of rotatable bonds is 7. The number of furan rings is 1. The molecule has 1 unspecified atom stereocenters. The zero-order valence-electron chi connectivity index (χ0n) is 13.3. The third kappa shape index (κ3) is 5.34. The molecule has 0 saturated carbocycles. The third-order valence-electron chi connectivity index (χ3n) is 3.70. The van der Waals surface area contributed by atoms with Gasteiger partial charge in [0.1, 0.15) is 11.5 Å². The maximum Gasteiger partial charge on any atom is 0.239 e. The summed E-state index contributed by atoms with van der Waals surface area (Å²) in [5.41, 5.74) is 5.18. The largest absolute Gasteiger partial charge is 0.465 e. The zero-order valence-corrected chi connectivity index (χ0v) is 13.3. The molecular formula is C15H24N4O4. The van der Waals surface area contributed by atoms with Gasteiger partial charge in [0.15, 0.2) is 0 Å². The Morgan fingerprint density at radius 3 is 2.61 bits per heavy atom. The summed E-state index contributed by atoms with van der Waals surface area (Å²) in [6.07, 6.45) is 0. The number of nitrogens with one attached hydrogen (secondary N) is 2. The van der Waals surface area contributed by atoms with Crippen molar-refractivity contribution in [2.45, 2.75) is 13.0 Å². The normalized spacial score (nSPS) is 16.8. The van der Waals surface area contributed by atoms with Crippen molar-refractivity contribution in [1.29, 1.82) is 0 Å². The lowest BCUT2D eigenvalue weighted by Crippen LogP contribution is -2.45. The molecule has 8 heteroatoms. The smallest absolute Gasteiger partial charge is 0.239 e. The lowest BCUT2D eigenvalue weighted by Gasteiger charge is -2.33. The van der Waals surface area contributed by atoms with Gasteiger partial charge in [-0.25, -0.2) is 0 Å². The SMILES string of the molecule is Cc1ccc(C(CNC(=O)CNC(=O)CN)N2CCOCC2)o1. The molecule has 1 atom stereocenters. The van der Waals surface area contributed by atoms with E-state index in [9.17, 15) is 9.59 Å². The molecule has 2 rings (SSSR count). The van der Waals surface area contributed by atoms with E-state index in [1.165, 1.54) is 0 Å². The first-order valence-electron chi connectivity index (χ1n) is 7.71. The summed E-state index contributed by atoms with van der Waals surface area (Å²) in [5.74, 6) is 1.04. The molecule has 0 aromatic carbocycles. The van der Waals surface area contributed by atoms with Crippen molar-refractivity contribution in [1.82, 2.24) is 15.5 Å². The van der Waals surface area contributed by atoms with E-state index in [2.05, 4.69) is 15.5 Å². The number of carbonyl (C=O) groups excluding carboxylic acids is 2. The molecule has 0 radical (unpaired) electrons. The van der Waals surface area contributed by atoms with Crippen molar-refractivity contribution >= 4 is 11.8 Å². The van der Waals surface area contributed by atoms with Gasteiger partial charge in [-0.3, -0.25) is 14.5 Å².